The summed E-state index contributed by atoms with van der Waals surface area (Å²) in [6.45, 7) is 0.516. The van der Waals surface area contributed by atoms with E-state index in [1.165, 1.54) is 6.92 Å². The van der Waals surface area contributed by atoms with Crippen molar-refractivity contribution in [3.63, 3.8) is 0 Å². The van der Waals surface area contributed by atoms with E-state index in [9.17, 15) is 35.5 Å². The number of aliphatic hydroxyl groups excluding tert-OH is 1. The maximum atomic E-state index is 14.1. The standard InChI is InChI=1S/C16H14F5NO3S/c1-10(9-23)22(15-8-12(17)4-7-14(15)18)26(24,25)13-5-2-11(3-6-13)16(19,20)21/h2-8,10,23H,9H2,1H3/t10-/m1/s1. The topological polar surface area (TPSA) is 57.6 Å². The van der Waals surface area contributed by atoms with Gasteiger partial charge in [-0.05, 0) is 43.3 Å². The van der Waals surface area contributed by atoms with Crippen LogP contribution in [0.1, 0.15) is 12.5 Å². The lowest BCUT2D eigenvalue weighted by Crippen LogP contribution is -2.41. The number of anilines is 1. The molecule has 0 fully saturated rings. The van der Waals surface area contributed by atoms with E-state index < -0.39 is 56.6 Å². The number of hydrogen-bond acceptors (Lipinski definition) is 3. The number of nitrogens with zero attached hydrogens (tertiary/aromatic N) is 1. The van der Waals surface area contributed by atoms with Crippen LogP contribution in [0.4, 0.5) is 27.6 Å². The Hall–Kier alpha value is -2.20. The Labute approximate surface area is 146 Å². The van der Waals surface area contributed by atoms with Crippen LogP contribution in [0.25, 0.3) is 0 Å². The molecule has 26 heavy (non-hydrogen) atoms. The van der Waals surface area contributed by atoms with E-state index in [4.69, 9.17) is 0 Å². The molecule has 4 nitrogen and oxygen atoms in total. The van der Waals surface area contributed by atoms with Gasteiger partial charge in [-0.25, -0.2) is 17.2 Å². The Morgan fingerprint density at radius 1 is 1.08 bits per heavy atom. The molecule has 0 unspecified atom stereocenters. The summed E-state index contributed by atoms with van der Waals surface area (Å²) in [5, 5.41) is 9.32. The minimum atomic E-state index is -4.66. The molecule has 1 atom stereocenters. The molecule has 0 saturated carbocycles. The van der Waals surface area contributed by atoms with E-state index in [0.29, 0.717) is 40.7 Å². The maximum Gasteiger partial charge on any atom is 0.416 e. The molecule has 0 amide bonds. The van der Waals surface area contributed by atoms with Crippen molar-refractivity contribution in [2.24, 2.45) is 0 Å². The summed E-state index contributed by atoms with van der Waals surface area (Å²) < 4.78 is 91.5. The van der Waals surface area contributed by atoms with Crippen LogP contribution < -0.4 is 4.31 Å². The molecule has 0 aliphatic rings. The van der Waals surface area contributed by atoms with Crippen LogP contribution in [0.2, 0.25) is 0 Å². The molecular weight excluding hydrogens is 381 g/mol. The van der Waals surface area contributed by atoms with Gasteiger partial charge in [-0.1, -0.05) is 0 Å². The molecule has 1 N–H and O–H groups in total. The van der Waals surface area contributed by atoms with Gasteiger partial charge in [0.15, 0.2) is 0 Å². The van der Waals surface area contributed by atoms with Gasteiger partial charge >= 0.3 is 6.18 Å². The van der Waals surface area contributed by atoms with E-state index in [-0.39, 0.29) is 0 Å². The summed E-state index contributed by atoms with van der Waals surface area (Å²) >= 11 is 0. The highest BCUT2D eigenvalue weighted by Crippen LogP contribution is 2.32. The average Bonchev–Trinajstić information content (AvgIpc) is 2.57. The molecule has 0 aliphatic carbocycles. The van der Waals surface area contributed by atoms with Gasteiger partial charge in [0.25, 0.3) is 10.0 Å². The number of hydrogen-bond donors (Lipinski definition) is 1. The molecule has 0 aromatic heterocycles. The third kappa shape index (κ3) is 3.96. The summed E-state index contributed by atoms with van der Waals surface area (Å²) in [6, 6.07) is 3.49. The van der Waals surface area contributed by atoms with Crippen molar-refractivity contribution < 1.29 is 35.5 Å². The quantitative estimate of drug-likeness (QED) is 0.788. The second-order valence-electron chi connectivity index (χ2n) is 5.45. The molecule has 0 radical (unpaired) electrons. The molecule has 0 bridgehead atoms. The predicted molar refractivity (Wildman–Crippen MR) is 84.0 cm³/mol. The Morgan fingerprint density at radius 3 is 2.15 bits per heavy atom. The van der Waals surface area contributed by atoms with Crippen LogP contribution in [0, 0.1) is 11.6 Å². The molecule has 0 aliphatic heterocycles. The van der Waals surface area contributed by atoms with Crippen LogP contribution in [-0.2, 0) is 16.2 Å². The number of halogens is 5. The predicted octanol–water partition coefficient (Wildman–Crippen LogP) is 3.56. The smallest absolute Gasteiger partial charge is 0.394 e. The van der Waals surface area contributed by atoms with E-state index in [2.05, 4.69) is 0 Å². The van der Waals surface area contributed by atoms with Crippen molar-refractivity contribution in [2.75, 3.05) is 10.9 Å². The summed E-state index contributed by atoms with van der Waals surface area (Å²) in [7, 11) is -4.57. The SMILES string of the molecule is C[C@H](CO)N(c1cc(F)ccc1F)S(=O)(=O)c1ccc(C(F)(F)F)cc1. The fraction of sp³-hybridized carbons (Fsp3) is 0.250. The van der Waals surface area contributed by atoms with Gasteiger partial charge < -0.3 is 5.11 Å². The molecule has 0 spiro atoms. The first kappa shape index (κ1) is 20.1. The zero-order chi connectivity index (χ0) is 19.7. The minimum Gasteiger partial charge on any atom is -0.394 e. The van der Waals surface area contributed by atoms with Crippen molar-refractivity contribution in [2.45, 2.75) is 24.0 Å². The molecule has 2 aromatic carbocycles. The lowest BCUT2D eigenvalue weighted by Gasteiger charge is -2.29. The largest absolute Gasteiger partial charge is 0.416 e. The Morgan fingerprint density at radius 2 is 1.65 bits per heavy atom. The second kappa shape index (κ2) is 7.20. The molecule has 2 rings (SSSR count). The van der Waals surface area contributed by atoms with Crippen molar-refractivity contribution in [1.29, 1.82) is 0 Å². The first-order valence-corrected chi connectivity index (χ1v) is 8.70. The molecule has 0 heterocycles. The normalized spacial score (nSPS) is 13.5. The third-order valence-corrected chi connectivity index (χ3v) is 5.49. The van der Waals surface area contributed by atoms with Gasteiger partial charge in [-0.2, -0.15) is 13.2 Å². The first-order chi connectivity index (χ1) is 12.0. The van der Waals surface area contributed by atoms with Crippen LogP contribution in [-0.4, -0.2) is 26.2 Å². The van der Waals surface area contributed by atoms with Crippen LogP contribution in [0.15, 0.2) is 47.4 Å². The summed E-state index contributed by atoms with van der Waals surface area (Å²) in [5.74, 6) is -1.98. The first-order valence-electron chi connectivity index (χ1n) is 7.26. The van der Waals surface area contributed by atoms with Crippen molar-refractivity contribution in [1.82, 2.24) is 0 Å². The maximum absolute atomic E-state index is 14.1. The highest BCUT2D eigenvalue weighted by molar-refractivity contribution is 7.92. The zero-order valence-corrected chi connectivity index (χ0v) is 14.2. The monoisotopic (exact) mass is 395 g/mol. The summed E-state index contributed by atoms with van der Waals surface area (Å²) in [6.07, 6.45) is -4.66. The van der Waals surface area contributed by atoms with E-state index in [1.54, 1.807) is 0 Å². The lowest BCUT2D eigenvalue weighted by atomic mass is 10.2. The Balaban J connectivity index is 2.58. The Bertz CT molecular complexity index is 882. The number of aliphatic hydroxyl groups is 1. The van der Waals surface area contributed by atoms with Gasteiger partial charge in [0.1, 0.15) is 11.6 Å². The highest BCUT2D eigenvalue weighted by atomic mass is 32.2. The van der Waals surface area contributed by atoms with E-state index in [0.717, 1.165) is 6.07 Å². The number of sulfonamides is 1. The minimum absolute atomic E-state index is 0.439. The lowest BCUT2D eigenvalue weighted by molar-refractivity contribution is -0.137. The van der Waals surface area contributed by atoms with Gasteiger partial charge in [0, 0.05) is 6.07 Å². The number of benzene rings is 2. The third-order valence-electron chi connectivity index (χ3n) is 3.55. The highest BCUT2D eigenvalue weighted by Gasteiger charge is 2.34. The molecular formula is C16H14F5NO3S. The summed E-state index contributed by atoms with van der Waals surface area (Å²) in [5.41, 5.74) is -1.72. The van der Waals surface area contributed by atoms with E-state index in [1.807, 2.05) is 0 Å². The van der Waals surface area contributed by atoms with Crippen LogP contribution in [0.3, 0.4) is 0 Å². The molecule has 10 heteroatoms. The van der Waals surface area contributed by atoms with Gasteiger partial charge in [0.05, 0.1) is 28.8 Å². The van der Waals surface area contributed by atoms with Crippen LogP contribution >= 0.6 is 0 Å². The van der Waals surface area contributed by atoms with Gasteiger partial charge in [0.2, 0.25) is 0 Å². The van der Waals surface area contributed by atoms with Crippen molar-refractivity contribution >= 4 is 15.7 Å². The fourth-order valence-electron chi connectivity index (χ4n) is 2.26. The zero-order valence-electron chi connectivity index (χ0n) is 13.3. The molecule has 2 aromatic rings. The van der Waals surface area contributed by atoms with E-state index >= 15 is 0 Å². The van der Waals surface area contributed by atoms with Crippen molar-refractivity contribution in [3.05, 3.63) is 59.7 Å². The number of rotatable bonds is 5. The second-order valence-corrected chi connectivity index (χ2v) is 7.27. The molecule has 0 saturated heterocycles. The Kier molecular flexibility index (Phi) is 5.57. The summed E-state index contributed by atoms with van der Waals surface area (Å²) in [4.78, 5) is -0.561. The van der Waals surface area contributed by atoms with Crippen LogP contribution in [0.5, 0.6) is 0 Å². The van der Waals surface area contributed by atoms with Crippen molar-refractivity contribution in [3.8, 4) is 0 Å². The van der Waals surface area contributed by atoms with Gasteiger partial charge in [-0.3, -0.25) is 4.31 Å². The van der Waals surface area contributed by atoms with Gasteiger partial charge in [-0.15, -0.1) is 0 Å². The molecule has 142 valence electrons. The number of alkyl halides is 3. The fourth-order valence-corrected chi connectivity index (χ4v) is 3.91. The average molecular weight is 395 g/mol.